The fourth-order valence-electron chi connectivity index (χ4n) is 1.72. The van der Waals surface area contributed by atoms with E-state index in [2.05, 4.69) is 38.2 Å². The second-order valence-corrected chi connectivity index (χ2v) is 4.52. The van der Waals surface area contributed by atoms with Crippen molar-refractivity contribution in [3.8, 4) is 0 Å². The summed E-state index contributed by atoms with van der Waals surface area (Å²) in [5.41, 5.74) is 8.12. The van der Waals surface area contributed by atoms with Crippen molar-refractivity contribution in [2.75, 3.05) is 36.6 Å². The highest BCUT2D eigenvalue weighted by Gasteiger charge is 2.06. The van der Waals surface area contributed by atoms with Crippen LogP contribution in [0.25, 0.3) is 0 Å². The van der Waals surface area contributed by atoms with Crippen LogP contribution in [0.4, 0.5) is 17.8 Å². The number of hydrogen-bond acceptors (Lipinski definition) is 6. The summed E-state index contributed by atoms with van der Waals surface area (Å²) >= 11 is 0. The largest absolute Gasteiger partial charge is 0.368 e. The van der Waals surface area contributed by atoms with Gasteiger partial charge in [-0.25, -0.2) is 0 Å². The summed E-state index contributed by atoms with van der Waals surface area (Å²) in [6.45, 7) is 2.80. The first kappa shape index (κ1) is 13.1. The lowest BCUT2D eigenvalue weighted by Gasteiger charge is -2.12. The molecule has 0 atom stereocenters. The molecular weight excluding hydrogens is 242 g/mol. The Labute approximate surface area is 112 Å². The summed E-state index contributed by atoms with van der Waals surface area (Å²) in [5.74, 6) is 1.27. The third kappa shape index (κ3) is 3.34. The standard InChI is InChI=1S/C12H19N7/c1-8-9(4-6-14-8)5-7-15-11-16-10(13)17-12(18-11)19(2)3/h4,6,14H,5,7H2,1-3H3,(H3,13,15,16,17,18). The van der Waals surface area contributed by atoms with Crippen LogP contribution in [0.3, 0.4) is 0 Å². The summed E-state index contributed by atoms with van der Waals surface area (Å²) in [6, 6.07) is 2.07. The van der Waals surface area contributed by atoms with Crippen LogP contribution in [0.15, 0.2) is 12.3 Å². The highest BCUT2D eigenvalue weighted by molar-refractivity contribution is 5.40. The minimum Gasteiger partial charge on any atom is -0.368 e. The van der Waals surface area contributed by atoms with Crippen molar-refractivity contribution >= 4 is 17.8 Å². The lowest BCUT2D eigenvalue weighted by molar-refractivity contribution is 0.932. The zero-order valence-corrected chi connectivity index (χ0v) is 11.4. The van der Waals surface area contributed by atoms with Gasteiger partial charge in [-0.05, 0) is 25.0 Å². The first-order chi connectivity index (χ1) is 9.06. The number of rotatable bonds is 5. The highest BCUT2D eigenvalue weighted by Crippen LogP contribution is 2.10. The Hall–Kier alpha value is -2.31. The summed E-state index contributed by atoms with van der Waals surface area (Å²) in [4.78, 5) is 17.3. The van der Waals surface area contributed by atoms with Crippen LogP contribution < -0.4 is 16.0 Å². The molecule has 2 aromatic rings. The maximum Gasteiger partial charge on any atom is 0.231 e. The van der Waals surface area contributed by atoms with E-state index in [1.165, 1.54) is 11.3 Å². The van der Waals surface area contributed by atoms with E-state index < -0.39 is 0 Å². The number of aromatic nitrogens is 4. The van der Waals surface area contributed by atoms with Crippen LogP contribution in [0.1, 0.15) is 11.3 Å². The van der Waals surface area contributed by atoms with Gasteiger partial charge < -0.3 is 20.9 Å². The van der Waals surface area contributed by atoms with Gasteiger partial charge in [0.2, 0.25) is 17.8 Å². The third-order valence-corrected chi connectivity index (χ3v) is 2.78. The van der Waals surface area contributed by atoms with Gasteiger partial charge in [0, 0.05) is 32.5 Å². The van der Waals surface area contributed by atoms with E-state index in [0.717, 1.165) is 13.0 Å². The Kier molecular flexibility index (Phi) is 3.84. The average Bonchev–Trinajstić information content (AvgIpc) is 2.74. The molecule has 0 saturated carbocycles. The van der Waals surface area contributed by atoms with Crippen LogP contribution in [0.5, 0.6) is 0 Å². The molecule has 0 amide bonds. The molecule has 0 spiro atoms. The third-order valence-electron chi connectivity index (χ3n) is 2.78. The first-order valence-electron chi connectivity index (χ1n) is 6.12. The number of aryl methyl sites for hydroxylation is 1. The van der Waals surface area contributed by atoms with Gasteiger partial charge in [0.25, 0.3) is 0 Å². The Morgan fingerprint density at radius 1 is 1.32 bits per heavy atom. The van der Waals surface area contributed by atoms with E-state index in [4.69, 9.17) is 5.73 Å². The van der Waals surface area contributed by atoms with Crippen LogP contribution in [-0.2, 0) is 6.42 Å². The molecule has 2 heterocycles. The van der Waals surface area contributed by atoms with E-state index in [-0.39, 0.29) is 5.95 Å². The summed E-state index contributed by atoms with van der Waals surface area (Å²) < 4.78 is 0. The van der Waals surface area contributed by atoms with Gasteiger partial charge in [-0.3, -0.25) is 0 Å². The van der Waals surface area contributed by atoms with E-state index in [9.17, 15) is 0 Å². The molecule has 0 aromatic carbocycles. The Bertz CT molecular complexity index is 547. The molecule has 4 N–H and O–H groups in total. The lowest BCUT2D eigenvalue weighted by Crippen LogP contribution is -2.17. The smallest absolute Gasteiger partial charge is 0.231 e. The second-order valence-electron chi connectivity index (χ2n) is 4.52. The maximum absolute atomic E-state index is 5.65. The monoisotopic (exact) mass is 261 g/mol. The van der Waals surface area contributed by atoms with Crippen LogP contribution in [-0.4, -0.2) is 40.6 Å². The number of nitrogens with zero attached hydrogens (tertiary/aromatic N) is 4. The maximum atomic E-state index is 5.65. The summed E-state index contributed by atoms with van der Waals surface area (Å²) in [6.07, 6.45) is 2.84. The van der Waals surface area contributed by atoms with Crippen molar-refractivity contribution in [1.29, 1.82) is 0 Å². The minimum atomic E-state index is 0.221. The van der Waals surface area contributed by atoms with E-state index in [1.54, 1.807) is 4.90 Å². The number of nitrogens with one attached hydrogen (secondary N) is 2. The molecule has 0 aliphatic heterocycles. The molecule has 2 aromatic heterocycles. The molecule has 19 heavy (non-hydrogen) atoms. The van der Waals surface area contributed by atoms with Crippen molar-refractivity contribution in [2.45, 2.75) is 13.3 Å². The molecule has 102 valence electrons. The van der Waals surface area contributed by atoms with Crippen LogP contribution >= 0.6 is 0 Å². The molecule has 0 fully saturated rings. The zero-order chi connectivity index (χ0) is 13.8. The SMILES string of the molecule is Cc1[nH]ccc1CCNc1nc(N)nc(N(C)C)n1. The van der Waals surface area contributed by atoms with Crippen molar-refractivity contribution in [1.82, 2.24) is 19.9 Å². The van der Waals surface area contributed by atoms with Gasteiger partial charge in [0.15, 0.2) is 0 Å². The second kappa shape index (κ2) is 5.55. The van der Waals surface area contributed by atoms with E-state index >= 15 is 0 Å². The molecule has 0 unspecified atom stereocenters. The quantitative estimate of drug-likeness (QED) is 0.737. The van der Waals surface area contributed by atoms with E-state index in [1.807, 2.05) is 20.3 Å². The van der Waals surface area contributed by atoms with Crippen molar-refractivity contribution in [3.05, 3.63) is 23.5 Å². The van der Waals surface area contributed by atoms with Gasteiger partial charge in [-0.1, -0.05) is 0 Å². The Balaban J connectivity index is 1.98. The van der Waals surface area contributed by atoms with Gasteiger partial charge in [-0.15, -0.1) is 0 Å². The van der Waals surface area contributed by atoms with Crippen LogP contribution in [0, 0.1) is 6.92 Å². The van der Waals surface area contributed by atoms with Gasteiger partial charge in [0.05, 0.1) is 0 Å². The van der Waals surface area contributed by atoms with Gasteiger partial charge in [-0.2, -0.15) is 15.0 Å². The molecule has 0 bridgehead atoms. The first-order valence-corrected chi connectivity index (χ1v) is 6.12. The van der Waals surface area contributed by atoms with Crippen LogP contribution in [0.2, 0.25) is 0 Å². The summed E-state index contributed by atoms with van der Waals surface area (Å²) in [7, 11) is 3.73. The van der Waals surface area contributed by atoms with Crippen molar-refractivity contribution in [3.63, 3.8) is 0 Å². The molecule has 7 heteroatoms. The van der Waals surface area contributed by atoms with E-state index in [0.29, 0.717) is 11.9 Å². The predicted octanol–water partition coefficient (Wildman–Crippen LogP) is 0.811. The number of H-pyrrole nitrogens is 1. The Morgan fingerprint density at radius 3 is 2.74 bits per heavy atom. The highest BCUT2D eigenvalue weighted by atomic mass is 15.3. The lowest BCUT2D eigenvalue weighted by atomic mass is 10.2. The van der Waals surface area contributed by atoms with Crippen molar-refractivity contribution < 1.29 is 0 Å². The molecule has 2 rings (SSSR count). The van der Waals surface area contributed by atoms with Gasteiger partial charge in [0.1, 0.15) is 0 Å². The Morgan fingerprint density at radius 2 is 2.11 bits per heavy atom. The number of nitrogens with two attached hydrogens (primary N) is 1. The number of aromatic amines is 1. The number of anilines is 3. The number of hydrogen-bond donors (Lipinski definition) is 3. The molecule has 0 aliphatic rings. The fraction of sp³-hybridized carbons (Fsp3) is 0.417. The summed E-state index contributed by atoms with van der Waals surface area (Å²) in [5, 5.41) is 3.16. The molecule has 0 saturated heterocycles. The zero-order valence-electron chi connectivity index (χ0n) is 11.4. The topological polar surface area (TPSA) is 95.8 Å². The molecule has 0 aliphatic carbocycles. The van der Waals surface area contributed by atoms with Gasteiger partial charge >= 0.3 is 0 Å². The minimum absolute atomic E-state index is 0.221. The normalized spacial score (nSPS) is 10.5. The number of nitrogen functional groups attached to an aromatic ring is 1. The predicted molar refractivity (Wildman–Crippen MR) is 76.3 cm³/mol. The average molecular weight is 261 g/mol. The fourth-order valence-corrected chi connectivity index (χ4v) is 1.72. The van der Waals surface area contributed by atoms with Crippen molar-refractivity contribution in [2.24, 2.45) is 0 Å². The molecule has 0 radical (unpaired) electrons. The molecular formula is C12H19N7. The molecule has 7 nitrogen and oxygen atoms in total.